The molecule has 18 heavy (non-hydrogen) atoms. The Balaban J connectivity index is 2.30. The van der Waals surface area contributed by atoms with Crippen LogP contribution < -0.4 is 5.73 Å². The van der Waals surface area contributed by atoms with Crippen molar-refractivity contribution in [3.8, 4) is 5.69 Å². The molecule has 1 aromatic carbocycles. The van der Waals surface area contributed by atoms with Crippen LogP contribution >= 0.6 is 23.2 Å². The Bertz CT molecular complexity index is 572. The van der Waals surface area contributed by atoms with E-state index in [2.05, 4.69) is 10.1 Å². The van der Waals surface area contributed by atoms with Crippen LogP contribution in [0.2, 0.25) is 5.15 Å². The number of halogens is 2. The second-order valence-electron chi connectivity index (χ2n) is 3.77. The van der Waals surface area contributed by atoms with Gasteiger partial charge in [0.25, 0.3) is 0 Å². The first-order valence-corrected chi connectivity index (χ1v) is 6.23. The molecule has 2 N–H and O–H groups in total. The van der Waals surface area contributed by atoms with E-state index in [1.165, 1.54) is 0 Å². The highest BCUT2D eigenvalue weighted by Gasteiger charge is 2.04. The fourth-order valence-electron chi connectivity index (χ4n) is 1.51. The zero-order valence-corrected chi connectivity index (χ0v) is 11.3. The molecule has 2 rings (SSSR count). The van der Waals surface area contributed by atoms with E-state index >= 15 is 0 Å². The summed E-state index contributed by atoms with van der Waals surface area (Å²) in [5, 5.41) is 4.86. The number of amidine groups is 1. The molecule has 0 aliphatic carbocycles. The number of nitrogens with two attached hydrogens (primary N) is 1. The summed E-state index contributed by atoms with van der Waals surface area (Å²) in [6.45, 7) is 1.89. The van der Waals surface area contributed by atoms with Gasteiger partial charge in [0, 0.05) is 0 Å². The number of hydrogen-bond acceptors (Lipinski definition) is 2. The summed E-state index contributed by atoms with van der Waals surface area (Å²) in [4.78, 5) is 4.14. The van der Waals surface area contributed by atoms with Gasteiger partial charge in [-0.05, 0) is 37.3 Å². The zero-order valence-electron chi connectivity index (χ0n) is 9.77. The van der Waals surface area contributed by atoms with Gasteiger partial charge in [-0.3, -0.25) is 0 Å². The van der Waals surface area contributed by atoms with Gasteiger partial charge in [0.2, 0.25) is 0 Å². The second-order valence-corrected chi connectivity index (χ2v) is 4.43. The van der Waals surface area contributed by atoms with Gasteiger partial charge in [0.15, 0.2) is 0 Å². The topological polar surface area (TPSA) is 56.2 Å². The Labute approximate surface area is 115 Å². The minimum atomic E-state index is 0.214. The van der Waals surface area contributed by atoms with Crippen molar-refractivity contribution in [1.82, 2.24) is 9.78 Å². The maximum absolute atomic E-state index is 6.06. The van der Waals surface area contributed by atoms with Gasteiger partial charge in [-0.2, -0.15) is 5.10 Å². The van der Waals surface area contributed by atoms with Crippen molar-refractivity contribution in [2.24, 2.45) is 10.7 Å². The number of alkyl halides is 1. The highest BCUT2D eigenvalue weighted by Crippen LogP contribution is 2.20. The van der Waals surface area contributed by atoms with Crippen molar-refractivity contribution in [1.29, 1.82) is 0 Å². The average molecular weight is 283 g/mol. The summed E-state index contributed by atoms with van der Waals surface area (Å²) in [5.74, 6) is 0.601. The number of rotatable bonds is 3. The van der Waals surface area contributed by atoms with Crippen LogP contribution in [0.1, 0.15) is 5.69 Å². The number of benzene rings is 1. The van der Waals surface area contributed by atoms with Crippen LogP contribution in [0, 0.1) is 6.92 Å². The van der Waals surface area contributed by atoms with Crippen LogP contribution in [-0.4, -0.2) is 21.5 Å². The molecule has 0 spiro atoms. The maximum Gasteiger partial charge on any atom is 0.133 e. The van der Waals surface area contributed by atoms with Crippen molar-refractivity contribution >= 4 is 34.7 Å². The standard InChI is InChI=1S/C12H12Cl2N4/c1-8-6-11(14)18(17-8)10-4-2-9(3-5-10)16-12(15)7-13/h2-6H,7H2,1H3,(H2,15,16). The minimum absolute atomic E-state index is 0.214. The lowest BCUT2D eigenvalue weighted by molar-refractivity contribution is 0.863. The monoisotopic (exact) mass is 282 g/mol. The van der Waals surface area contributed by atoms with E-state index in [1.807, 2.05) is 31.2 Å². The molecule has 4 nitrogen and oxygen atoms in total. The summed E-state index contributed by atoms with van der Waals surface area (Å²) < 4.78 is 1.66. The molecule has 1 heterocycles. The van der Waals surface area contributed by atoms with Crippen LogP contribution in [0.3, 0.4) is 0 Å². The molecule has 0 aliphatic heterocycles. The quantitative estimate of drug-likeness (QED) is 0.534. The van der Waals surface area contributed by atoms with Crippen molar-refractivity contribution in [2.75, 3.05) is 5.88 Å². The molecule has 0 bridgehead atoms. The highest BCUT2D eigenvalue weighted by atomic mass is 35.5. The van der Waals surface area contributed by atoms with E-state index in [-0.39, 0.29) is 5.88 Å². The third kappa shape index (κ3) is 2.83. The lowest BCUT2D eigenvalue weighted by atomic mass is 10.3. The van der Waals surface area contributed by atoms with E-state index < -0.39 is 0 Å². The van der Waals surface area contributed by atoms with Gasteiger partial charge >= 0.3 is 0 Å². The summed E-state index contributed by atoms with van der Waals surface area (Å²) in [6, 6.07) is 9.22. The predicted molar refractivity (Wildman–Crippen MR) is 75.3 cm³/mol. The van der Waals surface area contributed by atoms with Crippen LogP contribution in [-0.2, 0) is 0 Å². The molecule has 0 saturated heterocycles. The van der Waals surface area contributed by atoms with E-state index in [9.17, 15) is 0 Å². The van der Waals surface area contributed by atoms with Gasteiger partial charge in [0.1, 0.15) is 11.0 Å². The van der Waals surface area contributed by atoms with Crippen molar-refractivity contribution in [3.63, 3.8) is 0 Å². The first kappa shape index (κ1) is 12.9. The first-order chi connectivity index (χ1) is 8.60. The van der Waals surface area contributed by atoms with Gasteiger partial charge in [-0.1, -0.05) is 11.6 Å². The normalized spacial score (nSPS) is 11.8. The molecular formula is C12H12Cl2N4. The lowest BCUT2D eigenvalue weighted by Gasteiger charge is -2.03. The van der Waals surface area contributed by atoms with E-state index in [4.69, 9.17) is 28.9 Å². The molecule has 0 unspecified atom stereocenters. The molecule has 1 aromatic heterocycles. The number of hydrogen-bond donors (Lipinski definition) is 1. The molecule has 0 fully saturated rings. The van der Waals surface area contributed by atoms with E-state index in [0.29, 0.717) is 11.0 Å². The molecule has 0 aliphatic rings. The number of nitrogens with zero attached hydrogens (tertiary/aromatic N) is 3. The zero-order chi connectivity index (χ0) is 13.1. The Morgan fingerprint density at radius 2 is 2.06 bits per heavy atom. The third-order valence-corrected chi connectivity index (χ3v) is 2.84. The van der Waals surface area contributed by atoms with Gasteiger partial charge in [0.05, 0.1) is 22.9 Å². The summed E-state index contributed by atoms with van der Waals surface area (Å²) >= 11 is 11.6. The molecule has 0 amide bonds. The Kier molecular flexibility index (Phi) is 3.89. The fraction of sp³-hybridized carbons (Fsp3) is 0.167. The van der Waals surface area contributed by atoms with Gasteiger partial charge in [-0.15, -0.1) is 11.6 Å². The second kappa shape index (κ2) is 5.42. The van der Waals surface area contributed by atoms with Gasteiger partial charge < -0.3 is 5.73 Å². The smallest absolute Gasteiger partial charge is 0.133 e. The third-order valence-electron chi connectivity index (χ3n) is 2.29. The van der Waals surface area contributed by atoms with Crippen molar-refractivity contribution in [2.45, 2.75) is 6.92 Å². The minimum Gasteiger partial charge on any atom is -0.386 e. The van der Waals surface area contributed by atoms with Gasteiger partial charge in [-0.25, -0.2) is 9.67 Å². The number of aryl methyl sites for hydroxylation is 1. The molecule has 0 atom stereocenters. The molecule has 2 aromatic rings. The Hall–Kier alpha value is -1.52. The summed E-state index contributed by atoms with van der Waals surface area (Å²) in [5.41, 5.74) is 8.05. The van der Waals surface area contributed by atoms with Crippen LogP contribution in [0.15, 0.2) is 35.3 Å². The molecule has 0 radical (unpaired) electrons. The molecular weight excluding hydrogens is 271 g/mol. The van der Waals surface area contributed by atoms with Crippen molar-refractivity contribution < 1.29 is 0 Å². The molecule has 6 heteroatoms. The van der Waals surface area contributed by atoms with Crippen LogP contribution in [0.4, 0.5) is 5.69 Å². The predicted octanol–water partition coefficient (Wildman–Crippen LogP) is 3.06. The first-order valence-electron chi connectivity index (χ1n) is 5.32. The largest absolute Gasteiger partial charge is 0.386 e. The SMILES string of the molecule is Cc1cc(Cl)n(-c2ccc(N=C(N)CCl)cc2)n1. The molecule has 0 saturated carbocycles. The lowest BCUT2D eigenvalue weighted by Crippen LogP contribution is -2.12. The summed E-state index contributed by atoms with van der Waals surface area (Å²) in [7, 11) is 0. The van der Waals surface area contributed by atoms with Crippen LogP contribution in [0.25, 0.3) is 5.69 Å². The summed E-state index contributed by atoms with van der Waals surface area (Å²) in [6.07, 6.45) is 0. The number of aliphatic imine (C=N–C) groups is 1. The maximum atomic E-state index is 6.06. The van der Waals surface area contributed by atoms with E-state index in [1.54, 1.807) is 10.7 Å². The van der Waals surface area contributed by atoms with E-state index in [0.717, 1.165) is 17.1 Å². The fourth-order valence-corrected chi connectivity index (χ4v) is 1.87. The highest BCUT2D eigenvalue weighted by molar-refractivity contribution is 6.29. The Morgan fingerprint density at radius 1 is 1.39 bits per heavy atom. The molecule has 94 valence electrons. The number of aromatic nitrogens is 2. The average Bonchev–Trinajstić information content (AvgIpc) is 2.69. The Morgan fingerprint density at radius 3 is 2.56 bits per heavy atom. The van der Waals surface area contributed by atoms with Crippen molar-refractivity contribution in [3.05, 3.63) is 41.2 Å². The van der Waals surface area contributed by atoms with Crippen LogP contribution in [0.5, 0.6) is 0 Å².